The molecule has 0 radical (unpaired) electrons. The van der Waals surface area contributed by atoms with Gasteiger partial charge in [-0.1, -0.05) is 24.3 Å². The van der Waals surface area contributed by atoms with Gasteiger partial charge >= 0.3 is 0 Å². The molecule has 0 saturated carbocycles. The molecular weight excluding hydrogens is 244 g/mol. The Morgan fingerprint density at radius 2 is 2.11 bits per heavy atom. The third-order valence-electron chi connectivity index (χ3n) is 3.50. The molecule has 4 rings (SSSR count). The molecule has 88 valence electrons. The summed E-state index contributed by atoms with van der Waals surface area (Å²) < 4.78 is 0. The molecule has 0 aliphatic heterocycles. The number of aromatic amines is 1. The molecule has 0 saturated heterocycles. The number of thiophene rings is 1. The highest BCUT2D eigenvalue weighted by molar-refractivity contribution is 7.22. The smallest absolute Gasteiger partial charge is 0.259 e. The molecule has 1 aromatic carbocycles. The van der Waals surface area contributed by atoms with Crippen molar-refractivity contribution >= 4 is 21.6 Å². The van der Waals surface area contributed by atoms with Gasteiger partial charge in [-0.25, -0.2) is 4.98 Å². The van der Waals surface area contributed by atoms with Crippen LogP contribution < -0.4 is 5.56 Å². The van der Waals surface area contributed by atoms with E-state index in [2.05, 4.69) is 34.2 Å². The van der Waals surface area contributed by atoms with E-state index in [1.54, 1.807) is 11.3 Å². The first-order valence-electron chi connectivity index (χ1n) is 5.92. The monoisotopic (exact) mass is 254 g/mol. The number of nitrogens with zero attached hydrogens (tertiary/aromatic N) is 1. The fraction of sp³-hybridized carbons (Fsp3) is 0.143. The molecule has 2 heterocycles. The van der Waals surface area contributed by atoms with Crippen LogP contribution in [0.5, 0.6) is 0 Å². The van der Waals surface area contributed by atoms with E-state index in [9.17, 15) is 4.79 Å². The molecule has 0 spiro atoms. The van der Waals surface area contributed by atoms with Gasteiger partial charge in [-0.05, 0) is 29.5 Å². The largest absolute Gasteiger partial charge is 0.313 e. The number of aryl methyl sites for hydroxylation is 2. The molecule has 3 aromatic rings. The van der Waals surface area contributed by atoms with Crippen molar-refractivity contribution < 1.29 is 0 Å². The molecule has 1 aliphatic rings. The maximum Gasteiger partial charge on any atom is 0.259 e. The number of aromatic nitrogens is 2. The average Bonchev–Trinajstić information content (AvgIpc) is 2.79. The Hall–Kier alpha value is -1.94. The minimum absolute atomic E-state index is 0.0168. The Morgan fingerprint density at radius 3 is 3.06 bits per heavy atom. The molecule has 0 bridgehead atoms. The molecule has 0 amide bonds. The SMILES string of the molecule is O=c1[nH]cnc2sc3c(c12)CCc1ccccc1-3. The maximum absolute atomic E-state index is 11.9. The first-order chi connectivity index (χ1) is 8.84. The summed E-state index contributed by atoms with van der Waals surface area (Å²) in [5.41, 5.74) is 3.79. The summed E-state index contributed by atoms with van der Waals surface area (Å²) in [4.78, 5) is 21.0. The molecular formula is C14H10N2OS. The lowest BCUT2D eigenvalue weighted by atomic mass is 9.90. The molecule has 2 aromatic heterocycles. The number of hydrogen-bond donors (Lipinski definition) is 1. The first-order valence-corrected chi connectivity index (χ1v) is 6.73. The summed E-state index contributed by atoms with van der Waals surface area (Å²) in [6.45, 7) is 0. The van der Waals surface area contributed by atoms with Crippen molar-refractivity contribution in [2.75, 3.05) is 0 Å². The molecule has 1 N–H and O–H groups in total. The van der Waals surface area contributed by atoms with Gasteiger partial charge in [-0.3, -0.25) is 4.79 Å². The third kappa shape index (κ3) is 1.24. The van der Waals surface area contributed by atoms with Crippen LogP contribution in [0, 0.1) is 0 Å². The third-order valence-corrected chi connectivity index (χ3v) is 4.67. The van der Waals surface area contributed by atoms with Crippen LogP contribution in [0.4, 0.5) is 0 Å². The molecule has 18 heavy (non-hydrogen) atoms. The highest BCUT2D eigenvalue weighted by atomic mass is 32.1. The Kier molecular flexibility index (Phi) is 1.96. The van der Waals surface area contributed by atoms with Crippen LogP contribution in [0.3, 0.4) is 0 Å². The molecule has 3 nitrogen and oxygen atoms in total. The summed E-state index contributed by atoms with van der Waals surface area (Å²) in [7, 11) is 0. The van der Waals surface area contributed by atoms with Crippen LogP contribution in [0.25, 0.3) is 20.7 Å². The summed E-state index contributed by atoms with van der Waals surface area (Å²) >= 11 is 1.63. The van der Waals surface area contributed by atoms with Crippen LogP contribution in [0.1, 0.15) is 11.1 Å². The fourth-order valence-electron chi connectivity index (χ4n) is 2.67. The van der Waals surface area contributed by atoms with E-state index in [0.717, 1.165) is 23.1 Å². The van der Waals surface area contributed by atoms with E-state index >= 15 is 0 Å². The van der Waals surface area contributed by atoms with Crippen molar-refractivity contribution in [1.82, 2.24) is 9.97 Å². The molecule has 4 heteroatoms. The summed E-state index contributed by atoms with van der Waals surface area (Å²) in [5, 5.41) is 0.784. The molecule has 0 unspecified atom stereocenters. The van der Waals surface area contributed by atoms with Gasteiger partial charge in [0.1, 0.15) is 4.83 Å². The molecule has 0 atom stereocenters. The molecule has 0 fully saturated rings. The lowest BCUT2D eigenvalue weighted by molar-refractivity contribution is 0.954. The quantitative estimate of drug-likeness (QED) is 0.670. The van der Waals surface area contributed by atoms with Gasteiger partial charge < -0.3 is 4.98 Å². The standard InChI is InChI=1S/C14H10N2OS/c17-13-11-10-6-5-8-3-1-2-4-9(8)12(10)18-14(11)16-7-15-13/h1-4,7H,5-6H2,(H,15,16,17). The van der Waals surface area contributed by atoms with E-state index in [1.807, 2.05) is 0 Å². The number of fused-ring (bicyclic) bond motifs is 5. The normalized spacial score (nSPS) is 13.3. The summed E-state index contributed by atoms with van der Waals surface area (Å²) in [6.07, 6.45) is 3.42. The van der Waals surface area contributed by atoms with E-state index < -0.39 is 0 Å². The van der Waals surface area contributed by atoms with Crippen LogP contribution in [-0.2, 0) is 12.8 Å². The van der Waals surface area contributed by atoms with E-state index in [0.29, 0.717) is 0 Å². The Balaban J connectivity index is 2.15. The van der Waals surface area contributed by atoms with Crippen LogP contribution in [-0.4, -0.2) is 9.97 Å². The van der Waals surface area contributed by atoms with Crippen molar-refractivity contribution in [3.63, 3.8) is 0 Å². The number of rotatable bonds is 0. The van der Waals surface area contributed by atoms with Crippen molar-refractivity contribution in [2.45, 2.75) is 12.8 Å². The number of H-pyrrole nitrogens is 1. The zero-order chi connectivity index (χ0) is 12.1. The second kappa shape index (κ2) is 3.53. The van der Waals surface area contributed by atoms with Crippen molar-refractivity contribution in [2.24, 2.45) is 0 Å². The zero-order valence-electron chi connectivity index (χ0n) is 9.56. The average molecular weight is 254 g/mol. The van der Waals surface area contributed by atoms with Crippen LogP contribution >= 0.6 is 11.3 Å². The number of hydrogen-bond acceptors (Lipinski definition) is 3. The van der Waals surface area contributed by atoms with E-state index in [-0.39, 0.29) is 5.56 Å². The fourth-order valence-corrected chi connectivity index (χ4v) is 3.93. The second-order valence-corrected chi connectivity index (χ2v) is 5.48. The Labute approximate surface area is 107 Å². The lowest BCUT2D eigenvalue weighted by Gasteiger charge is -2.15. The highest BCUT2D eigenvalue weighted by Gasteiger charge is 2.22. The van der Waals surface area contributed by atoms with Gasteiger partial charge in [0.05, 0.1) is 11.7 Å². The minimum atomic E-state index is -0.0168. The van der Waals surface area contributed by atoms with Gasteiger partial charge in [0.15, 0.2) is 0 Å². The number of nitrogens with one attached hydrogen (secondary N) is 1. The zero-order valence-corrected chi connectivity index (χ0v) is 10.4. The van der Waals surface area contributed by atoms with E-state index in [4.69, 9.17) is 0 Å². The predicted octanol–water partition coefficient (Wildman–Crippen LogP) is 2.75. The van der Waals surface area contributed by atoms with Gasteiger partial charge in [-0.15, -0.1) is 11.3 Å². The van der Waals surface area contributed by atoms with Gasteiger partial charge in [-0.2, -0.15) is 0 Å². The Bertz CT molecular complexity index is 816. The summed E-state index contributed by atoms with van der Waals surface area (Å²) in [5.74, 6) is 0. The highest BCUT2D eigenvalue weighted by Crippen LogP contribution is 2.41. The van der Waals surface area contributed by atoms with Gasteiger partial charge in [0, 0.05) is 4.88 Å². The van der Waals surface area contributed by atoms with Gasteiger partial charge in [0.2, 0.25) is 0 Å². The van der Waals surface area contributed by atoms with Gasteiger partial charge in [0.25, 0.3) is 5.56 Å². The second-order valence-electron chi connectivity index (χ2n) is 4.48. The van der Waals surface area contributed by atoms with Crippen molar-refractivity contribution in [3.8, 4) is 10.4 Å². The Morgan fingerprint density at radius 1 is 1.22 bits per heavy atom. The van der Waals surface area contributed by atoms with Crippen molar-refractivity contribution in [3.05, 3.63) is 52.1 Å². The summed E-state index contributed by atoms with van der Waals surface area (Å²) in [6, 6.07) is 8.43. The van der Waals surface area contributed by atoms with Crippen molar-refractivity contribution in [1.29, 1.82) is 0 Å². The number of benzene rings is 1. The van der Waals surface area contributed by atoms with Crippen LogP contribution in [0.15, 0.2) is 35.4 Å². The first kappa shape index (κ1) is 10.0. The maximum atomic E-state index is 11.9. The topological polar surface area (TPSA) is 45.8 Å². The van der Waals surface area contributed by atoms with Crippen LogP contribution in [0.2, 0.25) is 0 Å². The molecule has 1 aliphatic carbocycles. The minimum Gasteiger partial charge on any atom is -0.313 e. The van der Waals surface area contributed by atoms with E-state index in [1.165, 1.54) is 27.9 Å². The lowest BCUT2D eigenvalue weighted by Crippen LogP contribution is -2.09. The predicted molar refractivity (Wildman–Crippen MR) is 73.1 cm³/mol.